The van der Waals surface area contributed by atoms with Gasteiger partial charge in [-0.15, -0.1) is 0 Å². The summed E-state index contributed by atoms with van der Waals surface area (Å²) < 4.78 is 15.1. The zero-order valence-electron chi connectivity index (χ0n) is 7.10. The van der Waals surface area contributed by atoms with E-state index >= 15 is 0 Å². The van der Waals surface area contributed by atoms with Crippen molar-refractivity contribution >= 4 is 19.2 Å². The first kappa shape index (κ1) is 10.0. The van der Waals surface area contributed by atoms with Crippen LogP contribution >= 0.6 is 0 Å². The summed E-state index contributed by atoms with van der Waals surface area (Å²) in [6.07, 6.45) is 1.65. The van der Waals surface area contributed by atoms with Crippen LogP contribution in [0.2, 0.25) is 0 Å². The number of hydrogen-bond acceptors (Lipinski definition) is 4. The number of aliphatic carboxylic acids is 1. The molecule has 1 rings (SSSR count). The average Bonchev–Trinajstić information content (AvgIpc) is 2.16. The molecule has 0 aromatic rings. The molecule has 0 aliphatic carbocycles. The average molecular weight is 183 g/mol. The van der Waals surface area contributed by atoms with Crippen molar-refractivity contribution in [3.63, 3.8) is 0 Å². The van der Waals surface area contributed by atoms with E-state index in [9.17, 15) is 9.50 Å². The summed E-state index contributed by atoms with van der Waals surface area (Å²) in [7, 11) is 0.486. The zero-order chi connectivity index (χ0) is 9.73. The molecule has 0 radical (unpaired) electrons. The molecule has 0 spiro atoms. The molecule has 0 aromatic carbocycles. The maximum absolute atomic E-state index is 10.9. The van der Waals surface area contributed by atoms with E-state index in [1.165, 1.54) is 0 Å². The predicted molar refractivity (Wildman–Crippen MR) is 45.4 cm³/mol. The number of nitrogens with zero attached hydrogens (tertiary/aromatic N) is 1. The molecule has 1 aliphatic rings. The van der Waals surface area contributed by atoms with Crippen molar-refractivity contribution in [1.82, 2.24) is 0 Å². The fourth-order valence-corrected chi connectivity index (χ4v) is 1.28. The van der Waals surface area contributed by atoms with E-state index in [0.29, 0.717) is 33.2 Å². The van der Waals surface area contributed by atoms with Crippen LogP contribution in [0.1, 0.15) is 12.8 Å². The molecule has 0 aromatic heterocycles. The van der Waals surface area contributed by atoms with E-state index in [4.69, 9.17) is 9.84 Å². The third kappa shape index (κ3) is 2.21. The van der Waals surface area contributed by atoms with Gasteiger partial charge >= 0.3 is 75.2 Å². The number of aliphatic imine (C=N–C) groups is 1. The second kappa shape index (κ2) is 4.27. The molecule has 6 heteroatoms. The second-order valence-electron chi connectivity index (χ2n) is 2.86. The Morgan fingerprint density at radius 2 is 2.15 bits per heavy atom. The number of carboxylic acid groups (broad SMARTS) is 1. The van der Waals surface area contributed by atoms with Gasteiger partial charge in [0, 0.05) is 0 Å². The Kier molecular flexibility index (Phi) is 3.30. The normalized spacial score (nSPS) is 21.2. The van der Waals surface area contributed by atoms with Gasteiger partial charge in [0.15, 0.2) is 0 Å². The SMILES string of the molecule is O=BC=NC1(C(=O)O)CCOCC1. The van der Waals surface area contributed by atoms with Crippen LogP contribution in [0.15, 0.2) is 4.99 Å². The van der Waals surface area contributed by atoms with E-state index in [0.717, 1.165) is 6.11 Å². The van der Waals surface area contributed by atoms with Crippen molar-refractivity contribution in [2.45, 2.75) is 18.4 Å². The van der Waals surface area contributed by atoms with Gasteiger partial charge in [0.05, 0.1) is 0 Å². The summed E-state index contributed by atoms with van der Waals surface area (Å²) in [5.74, 6) is -0.992. The van der Waals surface area contributed by atoms with Crippen molar-refractivity contribution in [3.05, 3.63) is 0 Å². The first-order valence-corrected chi connectivity index (χ1v) is 4.01. The molecule has 70 valence electrons. The van der Waals surface area contributed by atoms with Gasteiger partial charge in [-0.25, -0.2) is 0 Å². The molecule has 0 saturated carbocycles. The quantitative estimate of drug-likeness (QED) is 0.481. The zero-order valence-corrected chi connectivity index (χ0v) is 7.10. The van der Waals surface area contributed by atoms with Crippen LogP contribution in [-0.4, -0.2) is 43.1 Å². The molecule has 13 heavy (non-hydrogen) atoms. The summed E-state index contributed by atoms with van der Waals surface area (Å²) in [5.41, 5.74) is -1.14. The topological polar surface area (TPSA) is 76.0 Å². The van der Waals surface area contributed by atoms with E-state index in [2.05, 4.69) is 4.99 Å². The van der Waals surface area contributed by atoms with Crippen molar-refractivity contribution in [2.24, 2.45) is 4.99 Å². The number of hydrogen-bond donors (Lipinski definition) is 1. The summed E-state index contributed by atoms with van der Waals surface area (Å²) >= 11 is 0. The van der Waals surface area contributed by atoms with Crippen molar-refractivity contribution < 1.29 is 19.3 Å². The van der Waals surface area contributed by atoms with Crippen LogP contribution in [0, 0.1) is 0 Å². The summed E-state index contributed by atoms with van der Waals surface area (Å²) in [4.78, 5) is 14.7. The monoisotopic (exact) mass is 183 g/mol. The standard InChI is InChI=1S/C7H10BNO4/c10-6(11)7(9-5-8-12)1-3-13-4-2-7/h5H,1-4H2,(H,10,11). The molecule has 1 N–H and O–H groups in total. The van der Waals surface area contributed by atoms with Crippen molar-refractivity contribution in [3.8, 4) is 0 Å². The molecule has 1 heterocycles. The molecule has 0 bridgehead atoms. The van der Waals surface area contributed by atoms with E-state index < -0.39 is 11.5 Å². The van der Waals surface area contributed by atoms with Gasteiger partial charge in [-0.1, -0.05) is 0 Å². The van der Waals surface area contributed by atoms with Crippen LogP contribution < -0.4 is 0 Å². The number of ether oxygens (including phenoxy) is 1. The Hall–Kier alpha value is -1.04. The van der Waals surface area contributed by atoms with E-state index in [-0.39, 0.29) is 0 Å². The minimum absolute atomic E-state index is 0.326. The van der Waals surface area contributed by atoms with Gasteiger partial charge in [0.2, 0.25) is 0 Å². The van der Waals surface area contributed by atoms with Gasteiger partial charge in [0.25, 0.3) is 0 Å². The van der Waals surface area contributed by atoms with Crippen LogP contribution in [-0.2, 0) is 14.2 Å². The molecule has 1 fully saturated rings. The first-order chi connectivity index (χ1) is 6.21. The molecule has 5 nitrogen and oxygen atoms in total. The Bertz CT molecular complexity index is 235. The van der Waals surface area contributed by atoms with Gasteiger partial charge in [-0.2, -0.15) is 0 Å². The van der Waals surface area contributed by atoms with Crippen LogP contribution in [0.3, 0.4) is 0 Å². The molecule has 0 unspecified atom stereocenters. The number of rotatable bonds is 3. The molecule has 1 aliphatic heterocycles. The fraction of sp³-hybridized carbons (Fsp3) is 0.714. The van der Waals surface area contributed by atoms with Gasteiger partial charge in [-0.05, 0) is 0 Å². The molecule has 1 saturated heterocycles. The number of carboxylic acids is 1. The van der Waals surface area contributed by atoms with E-state index in [1.807, 2.05) is 0 Å². The molecule has 0 atom stereocenters. The Balaban J connectivity index is 2.78. The van der Waals surface area contributed by atoms with Gasteiger partial charge in [0.1, 0.15) is 0 Å². The Morgan fingerprint density at radius 3 is 2.62 bits per heavy atom. The second-order valence-corrected chi connectivity index (χ2v) is 2.86. The predicted octanol–water partition coefficient (Wildman–Crippen LogP) is -0.302. The first-order valence-electron chi connectivity index (χ1n) is 4.01. The Labute approximate surface area is 76.1 Å². The third-order valence-electron chi connectivity index (χ3n) is 2.10. The van der Waals surface area contributed by atoms with Crippen LogP contribution in [0.25, 0.3) is 0 Å². The summed E-state index contributed by atoms with van der Waals surface area (Å²) in [6.45, 7) is 0.755. The minimum atomic E-state index is -1.14. The van der Waals surface area contributed by atoms with Crippen molar-refractivity contribution in [2.75, 3.05) is 13.2 Å². The van der Waals surface area contributed by atoms with Crippen LogP contribution in [0.5, 0.6) is 0 Å². The van der Waals surface area contributed by atoms with Gasteiger partial charge in [-0.3, -0.25) is 0 Å². The molecule has 0 amide bonds. The van der Waals surface area contributed by atoms with Crippen LogP contribution in [0.4, 0.5) is 0 Å². The third-order valence-corrected chi connectivity index (χ3v) is 2.10. The summed E-state index contributed by atoms with van der Waals surface area (Å²) in [6, 6.07) is 0. The Morgan fingerprint density at radius 1 is 1.54 bits per heavy atom. The van der Waals surface area contributed by atoms with Crippen molar-refractivity contribution in [1.29, 1.82) is 0 Å². The number of carbonyl (C=O) groups is 1. The van der Waals surface area contributed by atoms with E-state index in [1.54, 1.807) is 0 Å². The molecular formula is C7H10BNO4. The summed E-state index contributed by atoms with van der Waals surface area (Å²) in [5, 5.41) is 8.93. The fourth-order valence-electron chi connectivity index (χ4n) is 1.28. The van der Waals surface area contributed by atoms with Gasteiger partial charge < -0.3 is 0 Å². The molecular weight excluding hydrogens is 173 g/mol. The maximum atomic E-state index is 10.9.